The zero-order valence-corrected chi connectivity index (χ0v) is 6.86. The Morgan fingerprint density at radius 3 is 2.18 bits per heavy atom. The van der Waals surface area contributed by atoms with Crippen LogP contribution in [0.5, 0.6) is 0 Å². The number of Topliss-reactive ketones (excluding diaryl/α,β-unsaturated/α-hetero) is 1. The molecule has 0 saturated heterocycles. The number of carbonyl (C=O) groups is 1. The second-order valence-electron chi connectivity index (χ2n) is 2.19. The Bertz CT molecular complexity index is 290. The van der Waals surface area contributed by atoms with Gasteiger partial charge in [0.25, 0.3) is 0 Å². The normalized spacial score (nSPS) is 7.09. The number of hydrogen-bond donors (Lipinski definition) is 0. The van der Waals surface area contributed by atoms with Crippen LogP contribution < -0.4 is 0 Å². The van der Waals surface area contributed by atoms with Gasteiger partial charge in [0.05, 0.1) is 0 Å². The molecule has 0 bridgehead atoms. The maximum absolute atomic E-state index is 11.0. The third-order valence-electron chi connectivity index (χ3n) is 1.08. The number of allylic oxidation sites excluding steroid dienone is 2. The number of carbonyl (C=O) groups excluding carboxylic acids is 1. The molecule has 0 aliphatic rings. The number of rotatable bonds is 1. The molecule has 2 heteroatoms. The smallest absolute Gasteiger partial charge is 0.246 e. The summed E-state index contributed by atoms with van der Waals surface area (Å²) in [6, 6.07) is 1.81. The van der Waals surface area contributed by atoms with Crippen molar-refractivity contribution in [2.24, 2.45) is 0 Å². The maximum atomic E-state index is 11.0. The zero-order chi connectivity index (χ0) is 8.85. The molecule has 0 aromatic heterocycles. The minimum atomic E-state index is -0.394. The lowest BCUT2D eigenvalue weighted by Gasteiger charge is -1.90. The molecule has 0 saturated carbocycles. The van der Waals surface area contributed by atoms with Gasteiger partial charge in [-0.2, -0.15) is 5.26 Å². The second-order valence-corrected chi connectivity index (χ2v) is 2.19. The van der Waals surface area contributed by atoms with Gasteiger partial charge in [0, 0.05) is 0 Å². The summed E-state index contributed by atoms with van der Waals surface area (Å²) < 4.78 is 0. The summed E-state index contributed by atoms with van der Waals surface area (Å²) in [5.41, 5.74) is 0.861. The van der Waals surface area contributed by atoms with Crippen LogP contribution in [0.1, 0.15) is 20.8 Å². The number of nitriles is 1. The van der Waals surface area contributed by atoms with Gasteiger partial charge in [0.2, 0.25) is 5.78 Å². The summed E-state index contributed by atoms with van der Waals surface area (Å²) >= 11 is 0. The Hall–Kier alpha value is -1.54. The molecular weight excluding hydrogens is 138 g/mol. The molecular formula is C9H9NO. The predicted octanol–water partition coefficient (Wildman–Crippen LogP) is 1.44. The van der Waals surface area contributed by atoms with Gasteiger partial charge in [-0.3, -0.25) is 4.79 Å². The number of ketones is 1. The molecule has 11 heavy (non-hydrogen) atoms. The van der Waals surface area contributed by atoms with Crippen LogP contribution in [0.2, 0.25) is 0 Å². The van der Waals surface area contributed by atoms with Crippen LogP contribution in [0.4, 0.5) is 0 Å². The molecule has 0 heterocycles. The summed E-state index contributed by atoms with van der Waals surface area (Å²) in [5.74, 6) is 4.37. The summed E-state index contributed by atoms with van der Waals surface area (Å²) in [4.78, 5) is 11.0. The molecule has 0 unspecified atom stereocenters. The molecule has 0 spiro atoms. The molecule has 0 N–H and O–H groups in total. The van der Waals surface area contributed by atoms with E-state index in [2.05, 4.69) is 11.8 Å². The van der Waals surface area contributed by atoms with Crippen LogP contribution in [0.15, 0.2) is 11.1 Å². The fourth-order valence-electron chi connectivity index (χ4n) is 0.566. The van der Waals surface area contributed by atoms with Crippen molar-refractivity contribution in [3.8, 4) is 17.9 Å². The van der Waals surface area contributed by atoms with E-state index in [1.165, 1.54) is 0 Å². The van der Waals surface area contributed by atoms with Gasteiger partial charge < -0.3 is 0 Å². The molecule has 0 rings (SSSR count). The van der Waals surface area contributed by atoms with E-state index in [4.69, 9.17) is 5.26 Å². The molecule has 0 aromatic carbocycles. The summed E-state index contributed by atoms with van der Waals surface area (Å²) in [6.07, 6.45) is 0. The van der Waals surface area contributed by atoms with E-state index in [9.17, 15) is 4.79 Å². The standard InChI is InChI=1S/C9H9NO/c1-4-5-9(11)8(6-10)7(2)3/h1-3H3. The molecule has 0 atom stereocenters. The van der Waals surface area contributed by atoms with E-state index in [0.29, 0.717) is 5.57 Å². The van der Waals surface area contributed by atoms with Gasteiger partial charge in [0.15, 0.2) is 0 Å². The summed E-state index contributed by atoms with van der Waals surface area (Å²) in [6.45, 7) is 5.00. The monoisotopic (exact) mass is 147 g/mol. The van der Waals surface area contributed by atoms with Gasteiger partial charge in [-0.1, -0.05) is 11.5 Å². The van der Waals surface area contributed by atoms with E-state index in [0.717, 1.165) is 0 Å². The van der Waals surface area contributed by atoms with Crippen molar-refractivity contribution in [3.63, 3.8) is 0 Å². The average molecular weight is 147 g/mol. The quantitative estimate of drug-likeness (QED) is 0.244. The van der Waals surface area contributed by atoms with Crippen LogP contribution >= 0.6 is 0 Å². The molecule has 0 aromatic rings. The van der Waals surface area contributed by atoms with Crippen LogP contribution in [-0.2, 0) is 4.79 Å². The highest BCUT2D eigenvalue weighted by Gasteiger charge is 2.05. The third kappa shape index (κ3) is 2.69. The van der Waals surface area contributed by atoms with E-state index in [1.54, 1.807) is 20.8 Å². The van der Waals surface area contributed by atoms with Gasteiger partial charge in [-0.25, -0.2) is 0 Å². The Labute approximate surface area is 66.5 Å². The highest BCUT2D eigenvalue weighted by atomic mass is 16.1. The Kier molecular flexibility index (Phi) is 3.70. The highest BCUT2D eigenvalue weighted by molar-refractivity contribution is 6.11. The fourth-order valence-corrected chi connectivity index (χ4v) is 0.566. The van der Waals surface area contributed by atoms with Gasteiger partial charge in [-0.05, 0) is 26.7 Å². The summed E-state index contributed by atoms with van der Waals surface area (Å²) in [7, 11) is 0. The predicted molar refractivity (Wildman–Crippen MR) is 42.4 cm³/mol. The molecule has 56 valence electrons. The van der Waals surface area contributed by atoms with E-state index < -0.39 is 5.78 Å². The van der Waals surface area contributed by atoms with Crippen molar-refractivity contribution in [3.05, 3.63) is 11.1 Å². The second kappa shape index (κ2) is 4.30. The first-order valence-corrected chi connectivity index (χ1v) is 3.18. The van der Waals surface area contributed by atoms with Crippen LogP contribution in [0.25, 0.3) is 0 Å². The Morgan fingerprint density at radius 1 is 1.36 bits per heavy atom. The lowest BCUT2D eigenvalue weighted by molar-refractivity contribution is -0.110. The van der Waals surface area contributed by atoms with E-state index in [-0.39, 0.29) is 5.57 Å². The summed E-state index contributed by atoms with van der Waals surface area (Å²) in [5, 5.41) is 8.50. The number of hydrogen-bond acceptors (Lipinski definition) is 2. The lowest BCUT2D eigenvalue weighted by Crippen LogP contribution is -1.98. The fraction of sp³-hybridized carbons (Fsp3) is 0.333. The molecule has 0 fully saturated rings. The molecule has 2 nitrogen and oxygen atoms in total. The highest BCUT2D eigenvalue weighted by Crippen LogP contribution is 2.01. The molecule has 0 aliphatic carbocycles. The van der Waals surface area contributed by atoms with E-state index in [1.807, 2.05) is 6.07 Å². The van der Waals surface area contributed by atoms with Crippen molar-refractivity contribution >= 4 is 5.78 Å². The van der Waals surface area contributed by atoms with Crippen LogP contribution in [-0.4, -0.2) is 5.78 Å². The first-order valence-electron chi connectivity index (χ1n) is 3.18. The van der Waals surface area contributed by atoms with E-state index >= 15 is 0 Å². The minimum Gasteiger partial charge on any atom is -0.278 e. The zero-order valence-electron chi connectivity index (χ0n) is 6.86. The largest absolute Gasteiger partial charge is 0.278 e. The molecule has 0 aliphatic heterocycles. The molecule has 0 radical (unpaired) electrons. The maximum Gasteiger partial charge on any atom is 0.246 e. The molecule has 0 amide bonds. The van der Waals surface area contributed by atoms with Gasteiger partial charge in [0.1, 0.15) is 11.6 Å². The van der Waals surface area contributed by atoms with Crippen molar-refractivity contribution in [2.45, 2.75) is 20.8 Å². The first kappa shape index (κ1) is 9.46. The third-order valence-corrected chi connectivity index (χ3v) is 1.08. The SMILES string of the molecule is CC#CC(=O)C(C#N)=C(C)C. The topological polar surface area (TPSA) is 40.9 Å². The average Bonchev–Trinajstić information content (AvgIpc) is 1.88. The van der Waals surface area contributed by atoms with Crippen LogP contribution in [0, 0.1) is 23.2 Å². The van der Waals surface area contributed by atoms with Gasteiger partial charge in [-0.15, -0.1) is 0 Å². The van der Waals surface area contributed by atoms with Crippen molar-refractivity contribution in [1.29, 1.82) is 5.26 Å². The first-order chi connectivity index (χ1) is 5.13. The van der Waals surface area contributed by atoms with Crippen molar-refractivity contribution in [1.82, 2.24) is 0 Å². The van der Waals surface area contributed by atoms with Crippen molar-refractivity contribution in [2.75, 3.05) is 0 Å². The van der Waals surface area contributed by atoms with Crippen molar-refractivity contribution < 1.29 is 4.79 Å². The van der Waals surface area contributed by atoms with Crippen LogP contribution in [0.3, 0.4) is 0 Å². The lowest BCUT2D eigenvalue weighted by atomic mass is 10.1. The Balaban J connectivity index is 4.83. The number of nitrogens with zero attached hydrogens (tertiary/aromatic N) is 1. The minimum absolute atomic E-state index is 0.152. The Morgan fingerprint density at radius 2 is 1.91 bits per heavy atom. The van der Waals surface area contributed by atoms with Gasteiger partial charge >= 0.3 is 0 Å².